The average molecular weight is 482 g/mol. The van der Waals surface area contributed by atoms with Crippen molar-refractivity contribution in [2.75, 3.05) is 12.4 Å². The third kappa shape index (κ3) is 7.55. The third-order valence-electron chi connectivity index (χ3n) is 6.06. The van der Waals surface area contributed by atoms with E-state index in [0.717, 1.165) is 18.6 Å². The lowest BCUT2D eigenvalue weighted by Gasteiger charge is -2.42. The SMILES string of the molecule is CCSC(C)CC1CCC(C=C=O)(C(CC)=NOCC(C)Oc2ccc(Cl)cc2)C(O)C1. The van der Waals surface area contributed by atoms with Crippen molar-refractivity contribution in [1.82, 2.24) is 0 Å². The van der Waals surface area contributed by atoms with Crippen LogP contribution in [0.15, 0.2) is 35.5 Å². The molecule has 2 rings (SSSR count). The maximum Gasteiger partial charge on any atom is 0.153 e. The van der Waals surface area contributed by atoms with Gasteiger partial charge in [-0.3, -0.25) is 0 Å². The minimum Gasteiger partial charge on any atom is -0.487 e. The molecule has 0 aliphatic heterocycles. The highest BCUT2D eigenvalue weighted by atomic mass is 35.5. The Labute approximate surface area is 201 Å². The number of aliphatic hydroxyl groups excluding tert-OH is 1. The molecule has 1 aromatic carbocycles. The number of aliphatic hydroxyl groups is 1. The number of thioether (sulfide) groups is 1. The van der Waals surface area contributed by atoms with Gasteiger partial charge in [0.15, 0.2) is 6.61 Å². The zero-order valence-corrected chi connectivity index (χ0v) is 21.1. The second-order valence-electron chi connectivity index (χ2n) is 8.53. The number of halogens is 1. The standard InChI is InChI=1S/C25H36ClNO4S/c1-5-23(27-30-17-18(3)31-22-9-7-21(26)8-10-22)25(13-14-28)12-11-20(16-24(25)29)15-19(4)32-6-2/h7-10,13,18-20,24,29H,5-6,11-12,15-17H2,1-4H3. The fourth-order valence-electron chi connectivity index (χ4n) is 4.46. The fraction of sp³-hybridized carbons (Fsp3) is 0.640. The van der Waals surface area contributed by atoms with Crippen molar-refractivity contribution < 1.29 is 19.5 Å². The molecule has 1 N–H and O–H groups in total. The van der Waals surface area contributed by atoms with Gasteiger partial charge in [0.2, 0.25) is 0 Å². The topological polar surface area (TPSA) is 68.1 Å². The first kappa shape index (κ1) is 26.8. The molecule has 5 unspecified atom stereocenters. The van der Waals surface area contributed by atoms with E-state index in [2.05, 4.69) is 19.0 Å². The lowest BCUT2D eigenvalue weighted by atomic mass is 9.64. The molecule has 0 amide bonds. The van der Waals surface area contributed by atoms with Crippen molar-refractivity contribution in [2.24, 2.45) is 16.5 Å². The Kier molecular flexibility index (Phi) is 11.1. The summed E-state index contributed by atoms with van der Waals surface area (Å²) in [5.41, 5.74) is -0.129. The molecule has 1 fully saturated rings. The molecule has 178 valence electrons. The van der Waals surface area contributed by atoms with Crippen LogP contribution in [-0.4, -0.2) is 46.6 Å². The highest BCUT2D eigenvalue weighted by Crippen LogP contribution is 2.44. The summed E-state index contributed by atoms with van der Waals surface area (Å²) in [6.45, 7) is 8.52. The average Bonchev–Trinajstić information content (AvgIpc) is 2.75. The van der Waals surface area contributed by atoms with Crippen LogP contribution in [0.3, 0.4) is 0 Å². The van der Waals surface area contributed by atoms with Gasteiger partial charge in [-0.25, -0.2) is 4.79 Å². The van der Waals surface area contributed by atoms with E-state index >= 15 is 0 Å². The Bertz CT molecular complexity index is 781. The molecule has 0 bridgehead atoms. The van der Waals surface area contributed by atoms with Crippen LogP contribution in [0.4, 0.5) is 0 Å². The van der Waals surface area contributed by atoms with Crippen LogP contribution in [0.5, 0.6) is 5.75 Å². The first-order valence-electron chi connectivity index (χ1n) is 11.5. The molecule has 1 aliphatic rings. The van der Waals surface area contributed by atoms with Crippen molar-refractivity contribution in [1.29, 1.82) is 0 Å². The lowest BCUT2D eigenvalue weighted by molar-refractivity contribution is 0.0266. The Balaban J connectivity index is 2.02. The molecular formula is C25H36ClNO4S. The smallest absolute Gasteiger partial charge is 0.153 e. The number of rotatable bonds is 12. The van der Waals surface area contributed by atoms with Gasteiger partial charge >= 0.3 is 0 Å². The molecule has 7 heteroatoms. The number of benzene rings is 1. The fourth-order valence-corrected chi connectivity index (χ4v) is 5.56. The van der Waals surface area contributed by atoms with E-state index < -0.39 is 11.5 Å². The molecule has 32 heavy (non-hydrogen) atoms. The molecule has 1 saturated carbocycles. The molecule has 1 aromatic rings. The Morgan fingerprint density at radius 3 is 2.69 bits per heavy atom. The molecule has 0 aromatic heterocycles. The number of nitrogens with zero attached hydrogens (tertiary/aromatic N) is 1. The van der Waals surface area contributed by atoms with Crippen LogP contribution in [0.25, 0.3) is 0 Å². The quantitative estimate of drug-likeness (QED) is 0.227. The van der Waals surface area contributed by atoms with E-state index in [1.807, 2.05) is 31.6 Å². The third-order valence-corrected chi connectivity index (χ3v) is 7.40. The summed E-state index contributed by atoms with van der Waals surface area (Å²) in [6.07, 6.45) is 4.47. The van der Waals surface area contributed by atoms with E-state index in [4.69, 9.17) is 21.2 Å². The van der Waals surface area contributed by atoms with Gasteiger partial charge < -0.3 is 14.7 Å². The second-order valence-corrected chi connectivity index (χ2v) is 10.7. The summed E-state index contributed by atoms with van der Waals surface area (Å²) in [4.78, 5) is 17.0. The summed E-state index contributed by atoms with van der Waals surface area (Å²) in [6, 6.07) is 7.15. The summed E-state index contributed by atoms with van der Waals surface area (Å²) >= 11 is 7.85. The zero-order valence-electron chi connectivity index (χ0n) is 19.6. The minimum atomic E-state index is -0.811. The largest absolute Gasteiger partial charge is 0.487 e. The van der Waals surface area contributed by atoms with Gasteiger partial charge in [0.05, 0.1) is 17.2 Å². The van der Waals surface area contributed by atoms with E-state index in [1.165, 1.54) is 6.08 Å². The summed E-state index contributed by atoms with van der Waals surface area (Å²) < 4.78 is 5.82. The summed E-state index contributed by atoms with van der Waals surface area (Å²) in [7, 11) is 0. The van der Waals surface area contributed by atoms with Crippen LogP contribution < -0.4 is 4.74 Å². The Hall–Kier alpha value is -1.46. The van der Waals surface area contributed by atoms with Gasteiger partial charge in [0.1, 0.15) is 17.8 Å². The lowest BCUT2D eigenvalue weighted by Crippen LogP contribution is -2.46. The van der Waals surface area contributed by atoms with Crippen molar-refractivity contribution in [3.8, 4) is 5.75 Å². The summed E-state index contributed by atoms with van der Waals surface area (Å²) in [5.74, 6) is 4.17. The normalized spacial score (nSPS) is 25.5. The Morgan fingerprint density at radius 1 is 1.38 bits per heavy atom. The predicted molar refractivity (Wildman–Crippen MR) is 133 cm³/mol. The van der Waals surface area contributed by atoms with E-state index in [9.17, 15) is 9.90 Å². The van der Waals surface area contributed by atoms with Crippen molar-refractivity contribution >= 4 is 35.0 Å². The van der Waals surface area contributed by atoms with Crippen LogP contribution in [0.1, 0.15) is 59.8 Å². The molecule has 0 heterocycles. The van der Waals surface area contributed by atoms with Gasteiger partial charge in [-0.1, -0.05) is 37.5 Å². The number of hydrogen-bond donors (Lipinski definition) is 1. The molecule has 0 saturated heterocycles. The number of ether oxygens (including phenoxy) is 1. The maximum absolute atomic E-state index is 11.4. The molecule has 0 spiro atoms. The highest BCUT2D eigenvalue weighted by Gasteiger charge is 2.45. The van der Waals surface area contributed by atoms with Crippen LogP contribution in [0, 0.1) is 11.3 Å². The first-order chi connectivity index (χ1) is 15.3. The molecule has 1 aliphatic carbocycles. The van der Waals surface area contributed by atoms with Crippen LogP contribution in [0.2, 0.25) is 5.02 Å². The van der Waals surface area contributed by atoms with Crippen molar-refractivity contribution in [2.45, 2.75) is 77.3 Å². The van der Waals surface area contributed by atoms with E-state index in [-0.39, 0.29) is 12.7 Å². The zero-order chi connectivity index (χ0) is 23.6. The number of carbonyl (C=O) groups excluding carboxylic acids is 1. The molecule has 5 nitrogen and oxygen atoms in total. The second kappa shape index (κ2) is 13.3. The van der Waals surface area contributed by atoms with Crippen molar-refractivity contribution in [3.05, 3.63) is 35.4 Å². The monoisotopic (exact) mass is 481 g/mol. The number of hydrogen-bond acceptors (Lipinski definition) is 6. The Morgan fingerprint density at radius 2 is 2.09 bits per heavy atom. The molecule has 5 atom stereocenters. The van der Waals surface area contributed by atoms with E-state index in [0.29, 0.717) is 46.9 Å². The van der Waals surface area contributed by atoms with Gasteiger partial charge in [-0.2, -0.15) is 11.8 Å². The van der Waals surface area contributed by atoms with E-state index in [1.54, 1.807) is 24.3 Å². The maximum atomic E-state index is 11.4. The minimum absolute atomic E-state index is 0.228. The number of oxime groups is 1. The van der Waals surface area contributed by atoms with Crippen molar-refractivity contribution in [3.63, 3.8) is 0 Å². The van der Waals surface area contributed by atoms with Gasteiger partial charge in [-0.15, -0.1) is 0 Å². The first-order valence-corrected chi connectivity index (χ1v) is 12.9. The molecule has 0 radical (unpaired) electrons. The molecular weight excluding hydrogens is 446 g/mol. The predicted octanol–water partition coefficient (Wildman–Crippen LogP) is 5.96. The summed E-state index contributed by atoms with van der Waals surface area (Å²) in [5, 5.41) is 16.7. The highest BCUT2D eigenvalue weighted by molar-refractivity contribution is 7.99. The van der Waals surface area contributed by atoms with Crippen LogP contribution in [-0.2, 0) is 9.63 Å². The van der Waals surface area contributed by atoms with Crippen LogP contribution >= 0.6 is 23.4 Å². The van der Waals surface area contributed by atoms with Gasteiger partial charge in [-0.05, 0) is 75.0 Å². The van der Waals surface area contributed by atoms with Gasteiger partial charge in [0, 0.05) is 16.3 Å². The van der Waals surface area contributed by atoms with Gasteiger partial charge in [0.25, 0.3) is 0 Å².